The Bertz CT molecular complexity index is 1570. The highest BCUT2D eigenvalue weighted by Crippen LogP contribution is 2.31. The second kappa shape index (κ2) is 7.58. The molecule has 166 valence electrons. The molecule has 0 saturated heterocycles. The summed E-state index contributed by atoms with van der Waals surface area (Å²) in [5.41, 5.74) is 0.893. The van der Waals surface area contributed by atoms with Gasteiger partial charge in [0.25, 0.3) is 5.56 Å². The van der Waals surface area contributed by atoms with Crippen molar-refractivity contribution in [3.8, 4) is 5.69 Å². The molecule has 0 aliphatic heterocycles. The van der Waals surface area contributed by atoms with Gasteiger partial charge in [-0.25, -0.2) is 14.6 Å². The van der Waals surface area contributed by atoms with Gasteiger partial charge in [-0.3, -0.25) is 9.59 Å². The molecule has 33 heavy (non-hydrogen) atoms. The van der Waals surface area contributed by atoms with Crippen LogP contribution in [0.2, 0.25) is 0 Å². The number of halogens is 3. The van der Waals surface area contributed by atoms with E-state index in [4.69, 9.17) is 0 Å². The Labute approximate surface area is 182 Å². The number of H-pyrrole nitrogens is 1. The first kappa shape index (κ1) is 20.4. The molecule has 0 spiro atoms. The number of imidazole rings is 1. The molecule has 0 unspecified atom stereocenters. The van der Waals surface area contributed by atoms with Crippen molar-refractivity contribution >= 4 is 33.7 Å². The average molecular weight is 453 g/mol. The number of hydrogen-bond acceptors (Lipinski definition) is 5. The molecule has 2 aromatic carbocycles. The topological polar surface area (TPSA) is 110 Å². The average Bonchev–Trinajstić information content (AvgIpc) is 3.37. The van der Waals surface area contributed by atoms with E-state index in [2.05, 4.69) is 25.4 Å². The number of hydrogen-bond donors (Lipinski definition) is 2. The Hall–Kier alpha value is -4.48. The molecule has 0 aliphatic rings. The monoisotopic (exact) mass is 453 g/mol. The SMILES string of the molecule is O=C(Cn1c(C(F)(F)F)nc2ccccc21)Nc1ccccc1-n1ncc2c(=O)[nH]cnc21. The van der Waals surface area contributed by atoms with E-state index in [0.717, 1.165) is 4.57 Å². The molecule has 5 rings (SSSR count). The van der Waals surface area contributed by atoms with Crippen LogP contribution in [0.5, 0.6) is 0 Å². The fraction of sp³-hybridized carbons (Fsp3) is 0.0952. The van der Waals surface area contributed by atoms with Crippen LogP contribution in [0.1, 0.15) is 5.82 Å². The van der Waals surface area contributed by atoms with Gasteiger partial charge in [0.05, 0.1) is 34.9 Å². The van der Waals surface area contributed by atoms with Crippen LogP contribution in [0.25, 0.3) is 27.8 Å². The highest BCUT2D eigenvalue weighted by atomic mass is 19.4. The van der Waals surface area contributed by atoms with Crippen LogP contribution in [0, 0.1) is 0 Å². The number of aromatic amines is 1. The quantitative estimate of drug-likeness (QED) is 0.435. The van der Waals surface area contributed by atoms with E-state index >= 15 is 0 Å². The number of benzene rings is 2. The van der Waals surface area contributed by atoms with Crippen molar-refractivity contribution in [3.63, 3.8) is 0 Å². The number of nitrogens with one attached hydrogen (secondary N) is 2. The summed E-state index contributed by atoms with van der Waals surface area (Å²) in [6, 6.07) is 12.6. The highest BCUT2D eigenvalue weighted by Gasteiger charge is 2.38. The van der Waals surface area contributed by atoms with Gasteiger partial charge in [-0.05, 0) is 24.3 Å². The first-order chi connectivity index (χ1) is 15.8. The van der Waals surface area contributed by atoms with Crippen LogP contribution in [0.15, 0.2) is 65.8 Å². The summed E-state index contributed by atoms with van der Waals surface area (Å²) in [7, 11) is 0. The molecule has 0 saturated carbocycles. The van der Waals surface area contributed by atoms with Gasteiger partial charge >= 0.3 is 6.18 Å². The van der Waals surface area contributed by atoms with E-state index in [-0.39, 0.29) is 33.3 Å². The van der Waals surface area contributed by atoms with E-state index < -0.39 is 24.5 Å². The summed E-state index contributed by atoms with van der Waals surface area (Å²) in [6.45, 7) is -0.610. The predicted octanol–water partition coefficient (Wildman–Crippen LogP) is 3.12. The van der Waals surface area contributed by atoms with Gasteiger partial charge in [-0.15, -0.1) is 0 Å². The van der Waals surface area contributed by atoms with Crippen LogP contribution in [0.4, 0.5) is 18.9 Å². The third kappa shape index (κ3) is 3.60. The van der Waals surface area contributed by atoms with Gasteiger partial charge in [0, 0.05) is 0 Å². The minimum Gasteiger partial charge on any atom is -0.323 e. The zero-order valence-electron chi connectivity index (χ0n) is 16.7. The van der Waals surface area contributed by atoms with Crippen LogP contribution in [0.3, 0.4) is 0 Å². The van der Waals surface area contributed by atoms with Crippen molar-refractivity contribution in [2.75, 3.05) is 5.32 Å². The molecule has 5 aromatic rings. The lowest BCUT2D eigenvalue weighted by Gasteiger charge is -2.14. The Morgan fingerprint density at radius 2 is 1.85 bits per heavy atom. The Morgan fingerprint density at radius 3 is 2.67 bits per heavy atom. The molecule has 0 radical (unpaired) electrons. The predicted molar refractivity (Wildman–Crippen MR) is 113 cm³/mol. The first-order valence-electron chi connectivity index (χ1n) is 9.66. The maximum atomic E-state index is 13.5. The smallest absolute Gasteiger partial charge is 0.323 e. The van der Waals surface area contributed by atoms with Gasteiger partial charge in [0.15, 0.2) is 5.65 Å². The molecule has 3 aromatic heterocycles. The molecular weight excluding hydrogens is 439 g/mol. The van der Waals surface area contributed by atoms with E-state index in [1.54, 1.807) is 36.4 Å². The number of carbonyl (C=O) groups excluding carboxylic acids is 1. The molecular formula is C21H14F3N7O2. The van der Waals surface area contributed by atoms with Gasteiger partial charge in [-0.2, -0.15) is 18.3 Å². The maximum Gasteiger partial charge on any atom is 0.449 e. The lowest BCUT2D eigenvalue weighted by atomic mass is 10.2. The number of aromatic nitrogens is 6. The minimum absolute atomic E-state index is 0.136. The minimum atomic E-state index is -4.73. The normalized spacial score (nSPS) is 11.8. The third-order valence-electron chi connectivity index (χ3n) is 4.99. The zero-order valence-corrected chi connectivity index (χ0v) is 16.7. The summed E-state index contributed by atoms with van der Waals surface area (Å²) in [4.78, 5) is 35.0. The number of amides is 1. The number of fused-ring (bicyclic) bond motifs is 2. The Morgan fingerprint density at radius 1 is 1.09 bits per heavy atom. The highest BCUT2D eigenvalue weighted by molar-refractivity contribution is 5.94. The molecule has 0 aliphatic carbocycles. The lowest BCUT2D eigenvalue weighted by molar-refractivity contribution is -0.147. The van der Waals surface area contributed by atoms with E-state index in [1.807, 2.05) is 0 Å². The number of anilines is 1. The standard InChI is InChI=1S/C21H14F3N7O2/c22-21(23,24)20-29-13-5-1-3-7-15(13)30(20)10-17(32)28-14-6-2-4-8-16(14)31-18-12(9-27-31)19(33)26-11-25-18/h1-9,11H,10H2,(H,28,32)(H,25,26,33). The number of rotatable bonds is 4. The number of nitrogens with zero attached hydrogens (tertiary/aromatic N) is 5. The van der Waals surface area contributed by atoms with Crippen molar-refractivity contribution in [1.82, 2.24) is 29.3 Å². The maximum absolute atomic E-state index is 13.5. The molecule has 0 atom stereocenters. The summed E-state index contributed by atoms with van der Waals surface area (Å²) in [5, 5.41) is 7.06. The number of alkyl halides is 3. The van der Waals surface area contributed by atoms with E-state index in [0.29, 0.717) is 5.69 Å². The fourth-order valence-corrected chi connectivity index (χ4v) is 3.58. The van der Waals surface area contributed by atoms with Crippen molar-refractivity contribution < 1.29 is 18.0 Å². The largest absolute Gasteiger partial charge is 0.449 e. The summed E-state index contributed by atoms with van der Waals surface area (Å²) < 4.78 is 42.8. The molecule has 0 fully saturated rings. The summed E-state index contributed by atoms with van der Waals surface area (Å²) >= 11 is 0. The lowest BCUT2D eigenvalue weighted by Crippen LogP contribution is -2.24. The number of carbonyl (C=O) groups is 1. The fourth-order valence-electron chi connectivity index (χ4n) is 3.58. The Kier molecular flexibility index (Phi) is 4.69. The van der Waals surface area contributed by atoms with Crippen molar-refractivity contribution in [1.29, 1.82) is 0 Å². The summed E-state index contributed by atoms with van der Waals surface area (Å²) in [6.07, 6.45) is -2.16. The number of para-hydroxylation sites is 4. The van der Waals surface area contributed by atoms with Gasteiger partial charge in [0.2, 0.25) is 11.7 Å². The van der Waals surface area contributed by atoms with E-state index in [1.165, 1.54) is 29.3 Å². The van der Waals surface area contributed by atoms with Crippen LogP contribution >= 0.6 is 0 Å². The van der Waals surface area contributed by atoms with Gasteiger partial charge < -0.3 is 14.9 Å². The molecule has 3 heterocycles. The second-order valence-electron chi connectivity index (χ2n) is 7.10. The van der Waals surface area contributed by atoms with Crippen LogP contribution in [-0.2, 0) is 17.5 Å². The molecule has 1 amide bonds. The van der Waals surface area contributed by atoms with Crippen molar-refractivity contribution in [3.05, 3.63) is 77.2 Å². The van der Waals surface area contributed by atoms with E-state index in [9.17, 15) is 22.8 Å². The molecule has 2 N–H and O–H groups in total. The summed E-state index contributed by atoms with van der Waals surface area (Å²) in [5.74, 6) is -1.85. The zero-order chi connectivity index (χ0) is 23.2. The van der Waals surface area contributed by atoms with Crippen LogP contribution < -0.4 is 10.9 Å². The van der Waals surface area contributed by atoms with Crippen molar-refractivity contribution in [2.45, 2.75) is 12.7 Å². The third-order valence-corrected chi connectivity index (χ3v) is 4.99. The molecule has 12 heteroatoms. The Balaban J connectivity index is 1.51. The van der Waals surface area contributed by atoms with Crippen molar-refractivity contribution in [2.24, 2.45) is 0 Å². The first-order valence-corrected chi connectivity index (χ1v) is 9.66. The van der Waals surface area contributed by atoms with Crippen LogP contribution in [-0.4, -0.2) is 35.2 Å². The molecule has 0 bridgehead atoms. The second-order valence-corrected chi connectivity index (χ2v) is 7.10. The van der Waals surface area contributed by atoms with Gasteiger partial charge in [0.1, 0.15) is 11.9 Å². The molecule has 9 nitrogen and oxygen atoms in total. The van der Waals surface area contributed by atoms with Gasteiger partial charge in [-0.1, -0.05) is 24.3 Å².